The molecule has 1 amide bonds. The zero-order valence-electron chi connectivity index (χ0n) is 11.2. The first kappa shape index (κ1) is 13.3. The molecule has 0 aliphatic carbocycles. The molecule has 0 bridgehead atoms. The minimum Gasteiger partial charge on any atom is -0.333 e. The summed E-state index contributed by atoms with van der Waals surface area (Å²) in [4.78, 5) is 14.4. The van der Waals surface area contributed by atoms with Crippen LogP contribution in [0.4, 0.5) is 0 Å². The summed E-state index contributed by atoms with van der Waals surface area (Å²) in [5, 5.41) is 7.74. The fourth-order valence-electron chi connectivity index (χ4n) is 2.51. The van der Waals surface area contributed by atoms with E-state index in [1.165, 1.54) is 11.1 Å². The van der Waals surface area contributed by atoms with Gasteiger partial charge < -0.3 is 4.90 Å². The third-order valence-electron chi connectivity index (χ3n) is 3.60. The van der Waals surface area contributed by atoms with Gasteiger partial charge >= 0.3 is 0 Å². The van der Waals surface area contributed by atoms with Crippen LogP contribution in [0.3, 0.4) is 0 Å². The number of hydrogen-bond donors (Lipinski definition) is 0. The molecule has 1 aromatic carbocycles. The molecule has 104 valence electrons. The van der Waals surface area contributed by atoms with Crippen LogP contribution in [0.5, 0.6) is 0 Å². The van der Waals surface area contributed by atoms with Crippen LogP contribution >= 0.6 is 15.9 Å². The summed E-state index contributed by atoms with van der Waals surface area (Å²) in [6, 6.07) is 6.23. The van der Waals surface area contributed by atoms with Crippen molar-refractivity contribution in [2.24, 2.45) is 0 Å². The van der Waals surface area contributed by atoms with Crippen molar-refractivity contribution in [3.63, 3.8) is 0 Å². The summed E-state index contributed by atoms with van der Waals surface area (Å²) in [7, 11) is 0. The highest BCUT2D eigenvalue weighted by Crippen LogP contribution is 2.23. The smallest absolute Gasteiger partial charge is 0.274 e. The summed E-state index contributed by atoms with van der Waals surface area (Å²) >= 11 is 3.48. The largest absolute Gasteiger partial charge is 0.333 e. The quantitative estimate of drug-likeness (QED) is 0.846. The van der Waals surface area contributed by atoms with Crippen molar-refractivity contribution < 1.29 is 4.79 Å². The maximum atomic E-state index is 12.5. The Morgan fingerprint density at radius 2 is 2.25 bits per heavy atom. The first-order valence-corrected chi connectivity index (χ1v) is 7.43. The van der Waals surface area contributed by atoms with Gasteiger partial charge in [0.15, 0.2) is 0 Å². The molecule has 2 aromatic rings. The SMILES string of the molecule is CCn1nncc1C(=O)N1CCc2cc(Br)ccc2C1. The maximum absolute atomic E-state index is 12.5. The number of carbonyl (C=O) groups is 1. The van der Waals surface area contributed by atoms with Crippen LogP contribution in [0.15, 0.2) is 28.9 Å². The average molecular weight is 335 g/mol. The van der Waals surface area contributed by atoms with E-state index in [0.717, 1.165) is 17.4 Å². The Balaban J connectivity index is 1.83. The molecule has 1 aliphatic heterocycles. The second-order valence-corrected chi connectivity index (χ2v) is 5.74. The Hall–Kier alpha value is -1.69. The lowest BCUT2D eigenvalue weighted by molar-refractivity contribution is 0.0722. The minimum atomic E-state index is 0.00502. The van der Waals surface area contributed by atoms with Gasteiger partial charge in [-0.15, -0.1) is 5.10 Å². The molecule has 5 nitrogen and oxygen atoms in total. The molecule has 20 heavy (non-hydrogen) atoms. The van der Waals surface area contributed by atoms with Crippen LogP contribution < -0.4 is 0 Å². The van der Waals surface area contributed by atoms with Gasteiger partial charge in [-0.05, 0) is 36.6 Å². The highest BCUT2D eigenvalue weighted by Gasteiger charge is 2.24. The van der Waals surface area contributed by atoms with Crippen molar-refractivity contribution >= 4 is 21.8 Å². The van der Waals surface area contributed by atoms with Gasteiger partial charge in [0.1, 0.15) is 5.69 Å². The van der Waals surface area contributed by atoms with E-state index in [-0.39, 0.29) is 5.91 Å². The van der Waals surface area contributed by atoms with Gasteiger partial charge in [-0.1, -0.05) is 27.2 Å². The lowest BCUT2D eigenvalue weighted by Gasteiger charge is -2.28. The standard InChI is InChI=1S/C14H15BrN4O/c1-2-19-13(8-16-17-19)14(20)18-6-5-10-7-12(15)4-3-11(10)9-18/h3-4,7-8H,2,5-6,9H2,1H3. The van der Waals surface area contributed by atoms with Gasteiger partial charge in [0.2, 0.25) is 0 Å². The highest BCUT2D eigenvalue weighted by atomic mass is 79.9. The molecule has 6 heteroatoms. The van der Waals surface area contributed by atoms with Gasteiger partial charge in [0, 0.05) is 24.1 Å². The van der Waals surface area contributed by atoms with Crippen LogP contribution in [-0.2, 0) is 19.5 Å². The van der Waals surface area contributed by atoms with E-state index in [4.69, 9.17) is 0 Å². The zero-order valence-corrected chi connectivity index (χ0v) is 12.8. The van der Waals surface area contributed by atoms with Crippen LogP contribution in [0.1, 0.15) is 28.5 Å². The lowest BCUT2D eigenvalue weighted by atomic mass is 10.00. The Morgan fingerprint density at radius 1 is 1.40 bits per heavy atom. The molecule has 0 unspecified atom stereocenters. The molecule has 3 rings (SSSR count). The number of halogens is 1. The predicted molar refractivity (Wildman–Crippen MR) is 78.3 cm³/mol. The molecule has 0 atom stereocenters. The Morgan fingerprint density at radius 3 is 3.05 bits per heavy atom. The van der Waals surface area contributed by atoms with Gasteiger partial charge in [0.25, 0.3) is 5.91 Å². The first-order chi connectivity index (χ1) is 9.69. The van der Waals surface area contributed by atoms with Gasteiger partial charge in [-0.25, -0.2) is 4.68 Å². The maximum Gasteiger partial charge on any atom is 0.274 e. The number of hydrogen-bond acceptors (Lipinski definition) is 3. The summed E-state index contributed by atoms with van der Waals surface area (Å²) in [5.74, 6) is 0.00502. The van der Waals surface area contributed by atoms with E-state index in [2.05, 4.69) is 38.4 Å². The van der Waals surface area contributed by atoms with Crippen molar-refractivity contribution in [2.45, 2.75) is 26.4 Å². The number of carbonyl (C=O) groups excluding carboxylic acids is 1. The molecule has 0 fully saturated rings. The van der Waals surface area contributed by atoms with E-state index >= 15 is 0 Å². The van der Waals surface area contributed by atoms with Gasteiger partial charge in [0.05, 0.1) is 6.20 Å². The van der Waals surface area contributed by atoms with Crippen LogP contribution in [0.2, 0.25) is 0 Å². The van der Waals surface area contributed by atoms with Crippen molar-refractivity contribution in [3.05, 3.63) is 45.7 Å². The second-order valence-electron chi connectivity index (χ2n) is 4.82. The van der Waals surface area contributed by atoms with Crippen molar-refractivity contribution in [1.29, 1.82) is 0 Å². The molecule has 1 aromatic heterocycles. The summed E-state index contributed by atoms with van der Waals surface area (Å²) < 4.78 is 2.73. The van der Waals surface area contributed by atoms with E-state index in [1.54, 1.807) is 10.9 Å². The number of aromatic nitrogens is 3. The van der Waals surface area contributed by atoms with Crippen LogP contribution in [-0.4, -0.2) is 32.3 Å². The molecular weight excluding hydrogens is 320 g/mol. The Bertz CT molecular complexity index is 652. The number of aryl methyl sites for hydroxylation is 1. The summed E-state index contributed by atoms with van der Waals surface area (Å²) in [5.41, 5.74) is 3.09. The van der Waals surface area contributed by atoms with Crippen molar-refractivity contribution in [2.75, 3.05) is 6.54 Å². The number of amides is 1. The molecule has 0 saturated carbocycles. The normalized spacial score (nSPS) is 14.2. The first-order valence-electron chi connectivity index (χ1n) is 6.64. The molecular formula is C14H15BrN4O. The third kappa shape index (κ3) is 2.35. The van der Waals surface area contributed by atoms with E-state index in [9.17, 15) is 4.79 Å². The summed E-state index contributed by atoms with van der Waals surface area (Å²) in [6.07, 6.45) is 2.43. The average Bonchev–Trinajstić information content (AvgIpc) is 2.94. The lowest BCUT2D eigenvalue weighted by Crippen LogP contribution is -2.37. The number of nitrogens with zero attached hydrogens (tertiary/aromatic N) is 4. The molecule has 0 spiro atoms. The van der Waals surface area contributed by atoms with Crippen molar-refractivity contribution in [3.8, 4) is 0 Å². The van der Waals surface area contributed by atoms with E-state index < -0.39 is 0 Å². The third-order valence-corrected chi connectivity index (χ3v) is 4.10. The summed E-state index contributed by atoms with van der Waals surface area (Å²) in [6.45, 7) is 3.99. The van der Waals surface area contributed by atoms with Gasteiger partial charge in [-0.2, -0.15) is 0 Å². The Labute approximate surface area is 125 Å². The highest BCUT2D eigenvalue weighted by molar-refractivity contribution is 9.10. The second kappa shape index (κ2) is 5.36. The van der Waals surface area contributed by atoms with E-state index in [1.807, 2.05) is 17.9 Å². The van der Waals surface area contributed by atoms with Crippen LogP contribution in [0.25, 0.3) is 0 Å². The van der Waals surface area contributed by atoms with Crippen LogP contribution in [0, 0.1) is 0 Å². The number of rotatable bonds is 2. The predicted octanol–water partition coefficient (Wildman–Crippen LogP) is 2.26. The molecule has 1 aliphatic rings. The topological polar surface area (TPSA) is 51.0 Å². The molecule has 0 saturated heterocycles. The molecule has 0 radical (unpaired) electrons. The monoisotopic (exact) mass is 334 g/mol. The number of fused-ring (bicyclic) bond motifs is 1. The molecule has 0 N–H and O–H groups in total. The minimum absolute atomic E-state index is 0.00502. The fraction of sp³-hybridized carbons (Fsp3) is 0.357. The van der Waals surface area contributed by atoms with E-state index in [0.29, 0.717) is 18.8 Å². The van der Waals surface area contributed by atoms with Crippen molar-refractivity contribution in [1.82, 2.24) is 19.9 Å². The number of benzene rings is 1. The Kier molecular flexibility index (Phi) is 3.56. The molecule has 2 heterocycles. The fourth-order valence-corrected chi connectivity index (χ4v) is 2.92. The van der Waals surface area contributed by atoms with Gasteiger partial charge in [-0.3, -0.25) is 4.79 Å². The zero-order chi connectivity index (χ0) is 14.1.